The van der Waals surface area contributed by atoms with Gasteiger partial charge in [-0.15, -0.1) is 0 Å². The number of nitrogens with zero attached hydrogens (tertiary/aromatic N) is 1. The zero-order chi connectivity index (χ0) is 16.9. The molecule has 1 amide bonds. The van der Waals surface area contributed by atoms with Crippen LogP contribution in [0.1, 0.15) is 12.8 Å². The normalized spacial score (nSPS) is 19.2. The average Bonchev–Trinajstić information content (AvgIpc) is 2.82. The zero-order valence-electron chi connectivity index (χ0n) is 12.5. The Morgan fingerprint density at radius 3 is 2.70 bits per heavy atom. The van der Waals surface area contributed by atoms with E-state index in [0.717, 1.165) is 0 Å². The summed E-state index contributed by atoms with van der Waals surface area (Å²) in [5, 5.41) is 16.4. The molecule has 0 aliphatic carbocycles. The van der Waals surface area contributed by atoms with Crippen molar-refractivity contribution in [2.75, 3.05) is 29.9 Å². The third-order valence-electron chi connectivity index (χ3n) is 3.66. The molecule has 2 N–H and O–H groups in total. The first kappa shape index (κ1) is 17.2. The summed E-state index contributed by atoms with van der Waals surface area (Å²) in [5.41, 5.74) is 0.378. The summed E-state index contributed by atoms with van der Waals surface area (Å²) in [6, 6.07) is 6.28. The third-order valence-corrected chi connectivity index (χ3v) is 5.50. The van der Waals surface area contributed by atoms with Gasteiger partial charge in [0.25, 0.3) is 5.69 Å². The van der Waals surface area contributed by atoms with Crippen molar-refractivity contribution in [2.45, 2.75) is 12.8 Å². The maximum Gasteiger partial charge on any atom is 0.292 e. The fourth-order valence-corrected chi connectivity index (χ4v) is 4.41. The second kappa shape index (κ2) is 7.40. The lowest BCUT2D eigenvalue weighted by Gasteiger charge is -2.10. The highest BCUT2D eigenvalue weighted by atomic mass is 32.2. The molecule has 1 aliphatic rings. The van der Waals surface area contributed by atoms with E-state index in [-0.39, 0.29) is 35.4 Å². The smallest absolute Gasteiger partial charge is 0.292 e. The van der Waals surface area contributed by atoms with Crippen LogP contribution in [0.2, 0.25) is 0 Å². The molecule has 0 unspecified atom stereocenters. The molecule has 1 aliphatic heterocycles. The highest BCUT2D eigenvalue weighted by Crippen LogP contribution is 2.23. The van der Waals surface area contributed by atoms with Crippen LogP contribution < -0.4 is 10.6 Å². The molecule has 2 rings (SSSR count). The van der Waals surface area contributed by atoms with Gasteiger partial charge in [0.15, 0.2) is 9.84 Å². The molecule has 126 valence electrons. The van der Waals surface area contributed by atoms with Crippen LogP contribution >= 0.6 is 0 Å². The Morgan fingerprint density at radius 2 is 2.04 bits per heavy atom. The minimum absolute atomic E-state index is 0.0185. The van der Waals surface area contributed by atoms with Crippen LogP contribution in [0.15, 0.2) is 24.3 Å². The molecule has 1 aromatic carbocycles. The van der Waals surface area contributed by atoms with Crippen LogP contribution in [0, 0.1) is 16.0 Å². The summed E-state index contributed by atoms with van der Waals surface area (Å²) in [5.74, 6) is -0.0707. The fraction of sp³-hybridized carbons (Fsp3) is 0.500. The molecule has 23 heavy (non-hydrogen) atoms. The molecule has 0 aromatic heterocycles. The second-order valence-electron chi connectivity index (χ2n) is 5.52. The monoisotopic (exact) mass is 341 g/mol. The summed E-state index contributed by atoms with van der Waals surface area (Å²) >= 11 is 0. The number of nitrogens with one attached hydrogen (secondary N) is 2. The van der Waals surface area contributed by atoms with Crippen molar-refractivity contribution in [2.24, 2.45) is 5.92 Å². The fourth-order valence-electron chi connectivity index (χ4n) is 2.55. The van der Waals surface area contributed by atoms with Gasteiger partial charge in [-0.25, -0.2) is 8.42 Å². The number of carbonyl (C=O) groups is 1. The van der Waals surface area contributed by atoms with E-state index in [9.17, 15) is 23.3 Å². The van der Waals surface area contributed by atoms with Gasteiger partial charge in [-0.1, -0.05) is 12.1 Å². The van der Waals surface area contributed by atoms with Gasteiger partial charge in [-0.3, -0.25) is 14.9 Å². The molecule has 1 heterocycles. The quantitative estimate of drug-likeness (QED) is 0.433. The molecule has 0 bridgehead atoms. The Kier molecular flexibility index (Phi) is 5.54. The van der Waals surface area contributed by atoms with E-state index < -0.39 is 14.8 Å². The number of nitro benzene ring substituents is 1. The van der Waals surface area contributed by atoms with E-state index in [2.05, 4.69) is 10.6 Å². The van der Waals surface area contributed by atoms with Gasteiger partial charge in [0.05, 0.1) is 16.4 Å². The first-order valence-electron chi connectivity index (χ1n) is 7.32. The first-order valence-corrected chi connectivity index (χ1v) is 9.14. The Hall–Kier alpha value is -2.16. The summed E-state index contributed by atoms with van der Waals surface area (Å²) in [6.07, 6.45) is 0.731. The number of benzene rings is 1. The number of carbonyl (C=O) groups excluding carboxylic acids is 1. The Morgan fingerprint density at radius 1 is 1.30 bits per heavy atom. The molecular formula is C14H19N3O5S. The highest BCUT2D eigenvalue weighted by molar-refractivity contribution is 7.91. The van der Waals surface area contributed by atoms with Crippen LogP contribution in [0.3, 0.4) is 0 Å². The number of rotatable bonds is 7. The van der Waals surface area contributed by atoms with Gasteiger partial charge < -0.3 is 10.6 Å². The van der Waals surface area contributed by atoms with E-state index in [0.29, 0.717) is 25.2 Å². The highest BCUT2D eigenvalue weighted by Gasteiger charge is 2.29. The number of nitro groups is 1. The van der Waals surface area contributed by atoms with Crippen LogP contribution in [-0.4, -0.2) is 43.8 Å². The largest absolute Gasteiger partial charge is 0.378 e. The molecule has 0 radical (unpaired) electrons. The summed E-state index contributed by atoms with van der Waals surface area (Å²) in [6.45, 7) is 0.657. The number of hydrogen-bond donors (Lipinski definition) is 2. The molecular weight excluding hydrogens is 322 g/mol. The van der Waals surface area contributed by atoms with Gasteiger partial charge in [0, 0.05) is 25.6 Å². The minimum atomic E-state index is -2.97. The van der Waals surface area contributed by atoms with E-state index in [1.54, 1.807) is 18.2 Å². The molecule has 1 aromatic rings. The van der Waals surface area contributed by atoms with Crippen LogP contribution in [0.25, 0.3) is 0 Å². The predicted octanol–water partition coefficient (Wildman–Crippen LogP) is 0.948. The predicted molar refractivity (Wildman–Crippen MR) is 86.0 cm³/mol. The van der Waals surface area contributed by atoms with Gasteiger partial charge in [-0.05, 0) is 18.4 Å². The summed E-state index contributed by atoms with van der Waals surface area (Å²) in [7, 11) is -2.97. The maximum atomic E-state index is 11.8. The van der Waals surface area contributed by atoms with Crippen molar-refractivity contribution >= 4 is 27.1 Å². The number of amides is 1. The lowest BCUT2D eigenvalue weighted by atomic mass is 10.1. The van der Waals surface area contributed by atoms with Crippen LogP contribution in [0.5, 0.6) is 0 Å². The van der Waals surface area contributed by atoms with Crippen molar-refractivity contribution in [1.82, 2.24) is 5.32 Å². The van der Waals surface area contributed by atoms with Crippen LogP contribution in [-0.2, 0) is 14.6 Å². The lowest BCUT2D eigenvalue weighted by molar-refractivity contribution is -0.384. The molecule has 8 nitrogen and oxygen atoms in total. The minimum Gasteiger partial charge on any atom is -0.378 e. The van der Waals surface area contributed by atoms with Crippen molar-refractivity contribution in [3.05, 3.63) is 34.4 Å². The standard InChI is InChI=1S/C14H19N3O5S/c18-14(9-11-5-8-23(21,22)10-11)16-7-6-15-12-3-1-2-4-13(12)17(19)20/h1-4,11,15H,5-10H2,(H,16,18)/t11-/m0/s1. The van der Waals surface area contributed by atoms with Crippen LogP contribution in [0.4, 0.5) is 11.4 Å². The van der Waals surface area contributed by atoms with Gasteiger partial charge in [0.1, 0.15) is 5.69 Å². The lowest BCUT2D eigenvalue weighted by Crippen LogP contribution is -2.30. The molecule has 9 heteroatoms. The topological polar surface area (TPSA) is 118 Å². The SMILES string of the molecule is O=C(C[C@@H]1CCS(=O)(=O)C1)NCCNc1ccccc1[N+](=O)[O-]. The Labute approximate surface area is 134 Å². The molecule has 1 fully saturated rings. The molecule has 0 spiro atoms. The van der Waals surface area contributed by atoms with E-state index in [1.807, 2.05) is 0 Å². The Balaban J connectivity index is 1.71. The molecule has 1 atom stereocenters. The van der Waals surface area contributed by atoms with Crippen molar-refractivity contribution < 1.29 is 18.1 Å². The second-order valence-corrected chi connectivity index (χ2v) is 7.75. The summed E-state index contributed by atoms with van der Waals surface area (Å²) in [4.78, 5) is 22.1. The number of anilines is 1. The summed E-state index contributed by atoms with van der Waals surface area (Å²) < 4.78 is 22.7. The third kappa shape index (κ3) is 5.20. The molecule has 1 saturated heterocycles. The first-order chi connectivity index (χ1) is 10.9. The number of para-hydroxylation sites is 2. The number of hydrogen-bond acceptors (Lipinski definition) is 6. The van der Waals surface area contributed by atoms with E-state index in [4.69, 9.17) is 0 Å². The van der Waals surface area contributed by atoms with Gasteiger partial charge >= 0.3 is 0 Å². The van der Waals surface area contributed by atoms with Crippen molar-refractivity contribution in [1.29, 1.82) is 0 Å². The van der Waals surface area contributed by atoms with E-state index >= 15 is 0 Å². The maximum absolute atomic E-state index is 11.8. The molecule has 0 saturated carbocycles. The van der Waals surface area contributed by atoms with Gasteiger partial charge in [-0.2, -0.15) is 0 Å². The average molecular weight is 341 g/mol. The van der Waals surface area contributed by atoms with Crippen molar-refractivity contribution in [3.8, 4) is 0 Å². The zero-order valence-corrected chi connectivity index (χ0v) is 13.3. The Bertz CT molecular complexity index is 689. The van der Waals surface area contributed by atoms with Crippen molar-refractivity contribution in [3.63, 3.8) is 0 Å². The van der Waals surface area contributed by atoms with E-state index in [1.165, 1.54) is 6.07 Å². The van der Waals surface area contributed by atoms with Gasteiger partial charge in [0.2, 0.25) is 5.91 Å². The number of sulfone groups is 1.